The normalized spacial score (nSPS) is 10.5. The van der Waals surface area contributed by atoms with Crippen molar-refractivity contribution in [3.05, 3.63) is 69.5 Å². The fourth-order valence-electron chi connectivity index (χ4n) is 2.86. The molecule has 1 heterocycles. The lowest BCUT2D eigenvalue weighted by atomic mass is 10.2. The smallest absolute Gasteiger partial charge is 0.338 e. The van der Waals surface area contributed by atoms with E-state index in [0.717, 1.165) is 10.0 Å². The van der Waals surface area contributed by atoms with Crippen molar-refractivity contribution in [1.29, 1.82) is 0 Å². The third kappa shape index (κ3) is 5.58. The Morgan fingerprint density at radius 1 is 1.06 bits per heavy atom. The van der Waals surface area contributed by atoms with E-state index in [2.05, 4.69) is 36.9 Å². The number of nitrogens with zero attached hydrogens (tertiary/aromatic N) is 3. The molecule has 2 aromatic carbocycles. The standard InChI is InChI=1S/C22H22BrN5O4/c1-4-32-22(31)15-6-8-16(9-7-15)24-19(29)12-28-14(3)20(26-27-28)21(30)25-18-10-5-13(2)11-17(18)23/h5-11H,4,12H2,1-3H3,(H,24,29)(H,25,30). The van der Waals surface area contributed by atoms with Crippen LogP contribution in [0.25, 0.3) is 0 Å². The van der Waals surface area contributed by atoms with Crippen LogP contribution in [0, 0.1) is 13.8 Å². The Hall–Kier alpha value is -3.53. The molecule has 3 rings (SSSR count). The number of carbonyl (C=O) groups excluding carboxylic acids is 3. The number of esters is 1. The Morgan fingerprint density at radius 2 is 1.78 bits per heavy atom. The summed E-state index contributed by atoms with van der Waals surface area (Å²) in [6.45, 7) is 5.51. The second-order valence-corrected chi connectivity index (χ2v) is 7.82. The van der Waals surface area contributed by atoms with Gasteiger partial charge in [-0.3, -0.25) is 9.59 Å². The number of anilines is 2. The second kappa shape index (κ2) is 10.2. The topological polar surface area (TPSA) is 115 Å². The van der Waals surface area contributed by atoms with Crippen molar-refractivity contribution >= 4 is 45.1 Å². The van der Waals surface area contributed by atoms with E-state index in [1.165, 1.54) is 4.68 Å². The lowest BCUT2D eigenvalue weighted by molar-refractivity contribution is -0.117. The third-order valence-electron chi connectivity index (χ3n) is 4.54. The summed E-state index contributed by atoms with van der Waals surface area (Å²) in [7, 11) is 0. The quantitative estimate of drug-likeness (QED) is 0.478. The number of aryl methyl sites for hydroxylation is 1. The third-order valence-corrected chi connectivity index (χ3v) is 5.20. The molecule has 0 atom stereocenters. The molecule has 166 valence electrons. The van der Waals surface area contributed by atoms with Crippen molar-refractivity contribution in [1.82, 2.24) is 15.0 Å². The predicted octanol–water partition coefficient (Wildman–Crippen LogP) is 3.73. The highest BCUT2D eigenvalue weighted by molar-refractivity contribution is 9.10. The van der Waals surface area contributed by atoms with Gasteiger partial charge in [0.15, 0.2) is 5.69 Å². The summed E-state index contributed by atoms with van der Waals surface area (Å²) in [5, 5.41) is 13.4. The first-order chi connectivity index (χ1) is 15.3. The number of hydrogen-bond donors (Lipinski definition) is 2. The number of nitrogens with one attached hydrogen (secondary N) is 2. The molecule has 0 aliphatic carbocycles. The van der Waals surface area contributed by atoms with E-state index in [-0.39, 0.29) is 24.8 Å². The molecule has 0 bridgehead atoms. The average Bonchev–Trinajstić information content (AvgIpc) is 3.11. The fraction of sp³-hybridized carbons (Fsp3) is 0.227. The maximum absolute atomic E-state index is 12.6. The van der Waals surface area contributed by atoms with Gasteiger partial charge in [0, 0.05) is 10.2 Å². The van der Waals surface area contributed by atoms with Gasteiger partial charge in [-0.2, -0.15) is 0 Å². The largest absolute Gasteiger partial charge is 0.462 e. The van der Waals surface area contributed by atoms with Crippen molar-refractivity contribution < 1.29 is 19.1 Å². The highest BCUT2D eigenvalue weighted by Gasteiger charge is 2.19. The van der Waals surface area contributed by atoms with E-state index >= 15 is 0 Å². The molecule has 0 radical (unpaired) electrons. The van der Waals surface area contributed by atoms with Gasteiger partial charge in [-0.1, -0.05) is 11.3 Å². The molecule has 32 heavy (non-hydrogen) atoms. The molecule has 1 aromatic heterocycles. The first-order valence-corrected chi connectivity index (χ1v) is 10.6. The number of rotatable bonds is 7. The van der Waals surface area contributed by atoms with Crippen LogP contribution >= 0.6 is 15.9 Å². The SMILES string of the molecule is CCOC(=O)c1ccc(NC(=O)Cn2nnc(C(=O)Nc3ccc(C)cc3Br)c2C)cc1. The number of amides is 2. The van der Waals surface area contributed by atoms with Gasteiger partial charge in [-0.05, 0) is 78.7 Å². The molecule has 0 fully saturated rings. The van der Waals surface area contributed by atoms with Crippen molar-refractivity contribution in [2.24, 2.45) is 0 Å². The minimum atomic E-state index is -0.424. The van der Waals surface area contributed by atoms with Crippen LogP contribution in [0.2, 0.25) is 0 Å². The Bertz CT molecular complexity index is 1160. The zero-order valence-electron chi connectivity index (χ0n) is 17.8. The molecule has 0 saturated heterocycles. The summed E-state index contributed by atoms with van der Waals surface area (Å²) in [5.41, 5.74) is 3.16. The predicted molar refractivity (Wildman–Crippen MR) is 123 cm³/mol. The number of carbonyl (C=O) groups is 3. The lowest BCUT2D eigenvalue weighted by Gasteiger charge is -2.08. The molecule has 0 aliphatic heterocycles. The van der Waals surface area contributed by atoms with E-state index in [1.807, 2.05) is 19.1 Å². The maximum atomic E-state index is 12.6. The molecule has 10 heteroatoms. The van der Waals surface area contributed by atoms with Crippen molar-refractivity contribution in [3.63, 3.8) is 0 Å². The highest BCUT2D eigenvalue weighted by atomic mass is 79.9. The number of halogens is 1. The first-order valence-electron chi connectivity index (χ1n) is 9.83. The van der Waals surface area contributed by atoms with Crippen molar-refractivity contribution in [3.8, 4) is 0 Å². The molecule has 2 N–H and O–H groups in total. The minimum Gasteiger partial charge on any atom is -0.462 e. The van der Waals surface area contributed by atoms with Crippen LogP contribution in [0.3, 0.4) is 0 Å². The molecule has 0 spiro atoms. The summed E-state index contributed by atoms with van der Waals surface area (Å²) in [6.07, 6.45) is 0. The Morgan fingerprint density at radius 3 is 2.44 bits per heavy atom. The summed E-state index contributed by atoms with van der Waals surface area (Å²) in [4.78, 5) is 36.7. The summed E-state index contributed by atoms with van der Waals surface area (Å²) in [5.74, 6) is -1.20. The summed E-state index contributed by atoms with van der Waals surface area (Å²) < 4.78 is 7.03. The van der Waals surface area contributed by atoms with Crippen LogP contribution in [-0.4, -0.2) is 39.4 Å². The molecule has 9 nitrogen and oxygen atoms in total. The van der Waals surface area contributed by atoms with Crippen LogP contribution in [0.15, 0.2) is 46.9 Å². The fourth-order valence-corrected chi connectivity index (χ4v) is 3.46. The van der Waals surface area contributed by atoms with Gasteiger partial charge < -0.3 is 15.4 Å². The lowest BCUT2D eigenvalue weighted by Crippen LogP contribution is -2.21. The van der Waals surface area contributed by atoms with Crippen LogP contribution in [0.4, 0.5) is 11.4 Å². The zero-order chi connectivity index (χ0) is 23.3. The van der Waals surface area contributed by atoms with Crippen LogP contribution in [-0.2, 0) is 16.1 Å². The molecule has 0 saturated carbocycles. The zero-order valence-corrected chi connectivity index (χ0v) is 19.4. The van der Waals surface area contributed by atoms with Gasteiger partial charge in [-0.25, -0.2) is 9.48 Å². The van der Waals surface area contributed by atoms with Gasteiger partial charge in [0.05, 0.1) is 23.6 Å². The Balaban J connectivity index is 1.63. The van der Waals surface area contributed by atoms with Crippen molar-refractivity contribution in [2.45, 2.75) is 27.3 Å². The summed E-state index contributed by atoms with van der Waals surface area (Å²) >= 11 is 3.42. The molecule has 2 amide bonds. The van der Waals surface area contributed by atoms with Crippen LogP contribution in [0.1, 0.15) is 39.0 Å². The number of benzene rings is 2. The average molecular weight is 500 g/mol. The van der Waals surface area contributed by atoms with E-state index in [0.29, 0.717) is 22.6 Å². The first kappa shape index (κ1) is 23.1. The maximum Gasteiger partial charge on any atom is 0.338 e. The molecule has 0 aliphatic rings. The van der Waals surface area contributed by atoms with E-state index in [4.69, 9.17) is 4.74 Å². The number of hydrogen-bond acceptors (Lipinski definition) is 6. The van der Waals surface area contributed by atoms with Gasteiger partial charge in [0.1, 0.15) is 6.54 Å². The highest BCUT2D eigenvalue weighted by Crippen LogP contribution is 2.24. The second-order valence-electron chi connectivity index (χ2n) is 6.96. The van der Waals surface area contributed by atoms with Gasteiger partial charge >= 0.3 is 5.97 Å². The van der Waals surface area contributed by atoms with E-state index in [1.54, 1.807) is 44.2 Å². The van der Waals surface area contributed by atoms with Gasteiger partial charge in [-0.15, -0.1) is 5.10 Å². The molecular weight excluding hydrogens is 478 g/mol. The number of ether oxygens (including phenoxy) is 1. The molecule has 3 aromatic rings. The van der Waals surface area contributed by atoms with Crippen LogP contribution < -0.4 is 10.6 Å². The van der Waals surface area contributed by atoms with E-state index < -0.39 is 11.9 Å². The Labute approximate surface area is 193 Å². The van der Waals surface area contributed by atoms with Crippen molar-refractivity contribution in [2.75, 3.05) is 17.2 Å². The van der Waals surface area contributed by atoms with Gasteiger partial charge in [0.2, 0.25) is 5.91 Å². The van der Waals surface area contributed by atoms with Gasteiger partial charge in [0.25, 0.3) is 5.91 Å². The van der Waals surface area contributed by atoms with E-state index in [9.17, 15) is 14.4 Å². The molecular formula is C22H22BrN5O4. The molecule has 0 unspecified atom stereocenters. The minimum absolute atomic E-state index is 0.125. The van der Waals surface area contributed by atoms with Crippen LogP contribution in [0.5, 0.6) is 0 Å². The summed E-state index contributed by atoms with van der Waals surface area (Å²) in [6, 6.07) is 11.9. The Kier molecular flexibility index (Phi) is 7.37. The number of aromatic nitrogens is 3. The monoisotopic (exact) mass is 499 g/mol.